The maximum absolute atomic E-state index is 2.98. The van der Waals surface area contributed by atoms with Crippen LogP contribution in [-0.2, 0) is 0 Å². The van der Waals surface area contributed by atoms with Gasteiger partial charge in [0.25, 0.3) is 13.1 Å². The predicted octanol–water partition coefficient (Wildman–Crippen LogP) is 2.54. The van der Waals surface area contributed by atoms with Crippen LogP contribution in [-0.4, -0.2) is 13.1 Å². The van der Waals surface area contributed by atoms with E-state index in [-0.39, 0.29) is 18.9 Å². The standard InChI is InChI=1S/4C8H9.Al.Li/c4*1-7-4-3-5-8(2)6-7;;/h4*4-6H,1-2H3;;/q;;;;-1;+1. The molecule has 0 atom stereocenters. The summed E-state index contributed by atoms with van der Waals surface area (Å²) in [5.41, 5.74) is 10.7. The van der Waals surface area contributed by atoms with Crippen LogP contribution in [0.1, 0.15) is 44.5 Å². The Labute approximate surface area is 221 Å². The quantitative estimate of drug-likeness (QED) is 0.416. The van der Waals surface area contributed by atoms with Crippen molar-refractivity contribution in [3.63, 3.8) is 0 Å². The summed E-state index contributed by atoms with van der Waals surface area (Å²) >= 11 is -2.98. The van der Waals surface area contributed by atoms with E-state index in [2.05, 4.69) is 128 Å². The largest absolute Gasteiger partial charge is 1.00 e. The van der Waals surface area contributed by atoms with Gasteiger partial charge in [-0.3, -0.25) is 0 Å². The summed E-state index contributed by atoms with van der Waals surface area (Å²) in [6.07, 6.45) is 0. The zero-order chi connectivity index (χ0) is 23.9. The Morgan fingerprint density at radius 3 is 0.588 bits per heavy atom. The van der Waals surface area contributed by atoms with Crippen molar-refractivity contribution in [2.75, 3.05) is 0 Å². The van der Waals surface area contributed by atoms with Gasteiger partial charge < -0.3 is 0 Å². The Hall–Kier alpha value is -1.99. The number of benzene rings is 4. The molecule has 0 saturated carbocycles. The number of hydrogen-bond donors (Lipinski definition) is 0. The van der Waals surface area contributed by atoms with Crippen molar-refractivity contribution in [2.24, 2.45) is 0 Å². The molecule has 0 saturated heterocycles. The fourth-order valence-electron chi connectivity index (χ4n) is 6.19. The second-order valence-electron chi connectivity index (χ2n) is 10.6. The fraction of sp³-hybridized carbons (Fsp3) is 0.250. The van der Waals surface area contributed by atoms with Gasteiger partial charge in [0.1, 0.15) is 0 Å². The van der Waals surface area contributed by atoms with Gasteiger partial charge in [-0.1, -0.05) is 68.8 Å². The summed E-state index contributed by atoms with van der Waals surface area (Å²) in [5.74, 6) is 0. The molecule has 4 rings (SSSR count). The molecule has 34 heavy (non-hydrogen) atoms. The Morgan fingerprint density at radius 2 is 0.441 bits per heavy atom. The smallest absolute Gasteiger partial charge is 0.217 e. The first-order valence-electron chi connectivity index (χ1n) is 12.1. The molecule has 0 N–H and O–H groups in total. The summed E-state index contributed by atoms with van der Waals surface area (Å²) in [6, 6.07) is 28.9. The van der Waals surface area contributed by atoms with Gasteiger partial charge in [-0.2, -0.15) is 0 Å². The van der Waals surface area contributed by atoms with Crippen LogP contribution >= 0.6 is 0 Å². The van der Waals surface area contributed by atoms with Crippen LogP contribution in [0.2, 0.25) is 0 Å². The number of rotatable bonds is 4. The summed E-state index contributed by atoms with van der Waals surface area (Å²) < 4.78 is 6.00. The predicted molar refractivity (Wildman–Crippen MR) is 148 cm³/mol. The van der Waals surface area contributed by atoms with Crippen molar-refractivity contribution in [3.8, 4) is 0 Å². The third kappa shape index (κ3) is 5.15. The zero-order valence-electron chi connectivity index (χ0n) is 22.5. The molecule has 4 aromatic carbocycles. The average Bonchev–Trinajstić information content (AvgIpc) is 2.65. The van der Waals surface area contributed by atoms with Crippen LogP contribution in [0.3, 0.4) is 0 Å². The van der Waals surface area contributed by atoms with E-state index < -0.39 is 13.1 Å². The molecular weight excluding hydrogens is 418 g/mol. The first kappa shape index (κ1) is 26.6. The van der Waals surface area contributed by atoms with E-state index in [1.165, 1.54) is 62.2 Å². The van der Waals surface area contributed by atoms with Gasteiger partial charge in [0.05, 0.1) is 0 Å². The van der Waals surface area contributed by atoms with Gasteiger partial charge >= 0.3 is 18.9 Å². The normalized spacial score (nSPS) is 11.3. The molecule has 2 heteroatoms. The van der Waals surface area contributed by atoms with E-state index in [4.69, 9.17) is 0 Å². The molecule has 4 aromatic rings. The van der Waals surface area contributed by atoms with Crippen LogP contribution in [0.15, 0.2) is 72.8 Å². The second kappa shape index (κ2) is 10.3. The minimum atomic E-state index is -2.98. The van der Waals surface area contributed by atoms with E-state index in [0.717, 1.165) is 0 Å². The number of aryl methyl sites for hydroxylation is 8. The maximum atomic E-state index is 2.46. The Kier molecular flexibility index (Phi) is 8.08. The molecule has 168 valence electrons. The summed E-state index contributed by atoms with van der Waals surface area (Å²) in [5, 5.41) is 0. The molecule has 0 nitrogen and oxygen atoms in total. The minimum absolute atomic E-state index is 0. The van der Waals surface area contributed by atoms with Crippen LogP contribution in [0, 0.1) is 55.4 Å². The molecule has 0 amide bonds. The molecule has 0 spiro atoms. The van der Waals surface area contributed by atoms with Crippen molar-refractivity contribution in [3.05, 3.63) is 117 Å². The van der Waals surface area contributed by atoms with Crippen LogP contribution in [0.25, 0.3) is 0 Å². The van der Waals surface area contributed by atoms with Crippen molar-refractivity contribution in [2.45, 2.75) is 55.4 Å². The van der Waals surface area contributed by atoms with E-state index in [9.17, 15) is 0 Å². The van der Waals surface area contributed by atoms with Crippen LogP contribution in [0.4, 0.5) is 0 Å². The van der Waals surface area contributed by atoms with Gasteiger partial charge in [0, 0.05) is 0 Å². The minimum Gasteiger partial charge on any atom is -0.217 e. The summed E-state index contributed by atoms with van der Waals surface area (Å²) in [4.78, 5) is 0. The third-order valence-corrected chi connectivity index (χ3v) is 12.3. The summed E-state index contributed by atoms with van der Waals surface area (Å²) in [7, 11) is 0. The van der Waals surface area contributed by atoms with Gasteiger partial charge in [0.2, 0.25) is 0 Å². The topological polar surface area (TPSA) is 0 Å². The molecule has 0 fully saturated rings. The van der Waals surface area contributed by atoms with E-state index in [1.54, 1.807) is 0 Å². The zero-order valence-corrected chi connectivity index (χ0v) is 23.7. The van der Waals surface area contributed by atoms with E-state index >= 15 is 0 Å². The molecule has 0 radical (unpaired) electrons. The molecule has 0 aliphatic carbocycles. The SMILES string of the molecule is Cc1cc(C)c[c]([Al-]([c]2cc(C)cc(C)c2)([c]2cc(C)cc(C)c2)[c]2cc(C)cc(C)c2)c1.[Li+]. The fourth-order valence-corrected chi connectivity index (χ4v) is 12.6. The van der Waals surface area contributed by atoms with Crippen LogP contribution < -0.4 is 36.6 Å². The molecule has 0 aliphatic heterocycles. The molecule has 0 bridgehead atoms. The van der Waals surface area contributed by atoms with Gasteiger partial charge in [-0.15, -0.1) is 48.5 Å². The Balaban J connectivity index is 0.00000324. The Bertz CT molecular complexity index is 1060. The molecule has 0 heterocycles. The molecule has 0 aromatic heterocycles. The number of hydrogen-bond acceptors (Lipinski definition) is 0. The second-order valence-corrected chi connectivity index (χ2v) is 14.9. The van der Waals surface area contributed by atoms with Crippen molar-refractivity contribution >= 4 is 30.8 Å². The van der Waals surface area contributed by atoms with Crippen molar-refractivity contribution in [1.29, 1.82) is 0 Å². The van der Waals surface area contributed by atoms with Crippen molar-refractivity contribution in [1.82, 2.24) is 0 Å². The van der Waals surface area contributed by atoms with Crippen molar-refractivity contribution < 1.29 is 18.9 Å². The Morgan fingerprint density at radius 1 is 0.294 bits per heavy atom. The molecular formula is C32H36AlLi. The van der Waals surface area contributed by atoms with Crippen LogP contribution in [0.5, 0.6) is 0 Å². The monoisotopic (exact) mass is 454 g/mol. The van der Waals surface area contributed by atoms with E-state index in [1.807, 2.05) is 0 Å². The molecule has 0 aliphatic rings. The van der Waals surface area contributed by atoms with Gasteiger partial charge in [0.15, 0.2) is 0 Å². The van der Waals surface area contributed by atoms with Gasteiger partial charge in [-0.05, 0) is 55.4 Å². The third-order valence-electron chi connectivity index (χ3n) is 6.98. The maximum Gasteiger partial charge on any atom is 1.00 e. The van der Waals surface area contributed by atoms with E-state index in [0.29, 0.717) is 0 Å². The molecule has 0 unspecified atom stereocenters. The average molecular weight is 455 g/mol. The van der Waals surface area contributed by atoms with Gasteiger partial charge in [-0.25, -0.2) is 17.7 Å². The first-order valence-corrected chi connectivity index (χ1v) is 14.4. The first-order chi connectivity index (χ1) is 15.6. The summed E-state index contributed by atoms with van der Waals surface area (Å²) in [6.45, 7) is 17.9.